The maximum atomic E-state index is 3.49. The van der Waals surface area contributed by atoms with E-state index in [4.69, 9.17) is 0 Å². The molecule has 0 heterocycles. The fourth-order valence-corrected chi connectivity index (χ4v) is 1.15. The van der Waals surface area contributed by atoms with Gasteiger partial charge in [-0.25, -0.2) is 0 Å². The maximum Gasteiger partial charge on any atom is -0.00920 e. The van der Waals surface area contributed by atoms with Crippen molar-refractivity contribution in [3.05, 3.63) is 10.6 Å². The first-order valence-corrected chi connectivity index (χ1v) is 4.91. The van der Waals surface area contributed by atoms with Gasteiger partial charge in [-0.2, -0.15) is 0 Å². The summed E-state index contributed by atoms with van der Waals surface area (Å²) in [6.45, 7) is 4.31. The summed E-state index contributed by atoms with van der Waals surface area (Å²) in [4.78, 5) is 0. The van der Waals surface area contributed by atoms with Crippen molar-refractivity contribution in [1.82, 2.24) is 0 Å². The van der Waals surface area contributed by atoms with Crippen LogP contribution in [-0.2, 0) is 0 Å². The van der Waals surface area contributed by atoms with E-state index in [-0.39, 0.29) is 0 Å². The second-order valence-corrected chi connectivity index (χ2v) is 3.56. The van der Waals surface area contributed by atoms with E-state index in [1.807, 2.05) is 0 Å². The number of allylic oxidation sites excluding steroid dienone is 2. The molecule has 0 saturated carbocycles. The zero-order valence-electron chi connectivity index (χ0n) is 6.99. The van der Waals surface area contributed by atoms with Crippen LogP contribution in [-0.4, -0.2) is 0 Å². The van der Waals surface area contributed by atoms with E-state index in [9.17, 15) is 0 Å². The highest BCUT2D eigenvalue weighted by Crippen LogP contribution is 2.14. The van der Waals surface area contributed by atoms with Crippen LogP contribution in [0.2, 0.25) is 0 Å². The number of hydrogen-bond donors (Lipinski definition) is 0. The molecule has 0 aliphatic rings. The van der Waals surface area contributed by atoms with Crippen molar-refractivity contribution in [2.24, 2.45) is 0 Å². The summed E-state index contributed by atoms with van der Waals surface area (Å²) in [5, 5.41) is 0. The molecule has 0 aromatic heterocycles. The average Bonchev–Trinajstić information content (AvgIpc) is 1.98. The Balaban J connectivity index is 3.04. The molecule has 0 aromatic rings. The lowest BCUT2D eigenvalue weighted by Crippen LogP contribution is -1.76. The predicted octanol–water partition coefficient (Wildman–Crippen LogP) is 4.26. The van der Waals surface area contributed by atoms with Crippen LogP contribution in [0.4, 0.5) is 0 Å². The summed E-state index contributed by atoms with van der Waals surface area (Å²) >= 11 is 3.49. The van der Waals surface area contributed by atoms with Gasteiger partial charge in [0.25, 0.3) is 0 Å². The molecule has 0 fully saturated rings. The summed E-state index contributed by atoms with van der Waals surface area (Å²) in [7, 11) is 0. The van der Waals surface area contributed by atoms with Crippen LogP contribution in [0, 0.1) is 0 Å². The van der Waals surface area contributed by atoms with Crippen LogP contribution < -0.4 is 0 Å². The van der Waals surface area contributed by atoms with E-state index in [0.29, 0.717) is 0 Å². The van der Waals surface area contributed by atoms with Gasteiger partial charge >= 0.3 is 0 Å². The topological polar surface area (TPSA) is 0 Å². The number of hydrogen-bond acceptors (Lipinski definition) is 0. The van der Waals surface area contributed by atoms with Crippen LogP contribution in [0.5, 0.6) is 0 Å². The third-order valence-corrected chi connectivity index (χ3v) is 2.44. The van der Waals surface area contributed by atoms with Crippen molar-refractivity contribution < 1.29 is 0 Å². The summed E-state index contributed by atoms with van der Waals surface area (Å²) in [6.07, 6.45) is 8.76. The minimum absolute atomic E-state index is 1.22. The number of halogens is 1. The molecule has 0 unspecified atom stereocenters. The molecule has 10 heavy (non-hydrogen) atoms. The van der Waals surface area contributed by atoms with Crippen molar-refractivity contribution in [1.29, 1.82) is 0 Å². The fourth-order valence-electron chi connectivity index (χ4n) is 0.865. The van der Waals surface area contributed by atoms with Crippen LogP contribution in [0.15, 0.2) is 10.6 Å². The van der Waals surface area contributed by atoms with Gasteiger partial charge in [0.2, 0.25) is 0 Å². The Morgan fingerprint density at radius 1 is 1.30 bits per heavy atom. The Labute approximate surface area is 72.8 Å². The first kappa shape index (κ1) is 10.2. The predicted molar refractivity (Wildman–Crippen MR) is 51.4 cm³/mol. The van der Waals surface area contributed by atoms with Gasteiger partial charge in [-0.05, 0) is 24.2 Å². The number of unbranched alkanes of at least 4 members (excludes halogenated alkanes) is 3. The maximum absolute atomic E-state index is 3.49. The van der Waals surface area contributed by atoms with Crippen molar-refractivity contribution >= 4 is 15.9 Å². The van der Waals surface area contributed by atoms with E-state index in [0.717, 1.165) is 0 Å². The SMILES string of the molecule is CC=C(Br)CCCCCC. The lowest BCUT2D eigenvalue weighted by Gasteiger charge is -1.97. The van der Waals surface area contributed by atoms with Gasteiger partial charge in [0.05, 0.1) is 0 Å². The Morgan fingerprint density at radius 3 is 2.50 bits per heavy atom. The Kier molecular flexibility index (Phi) is 7.49. The third kappa shape index (κ3) is 6.34. The largest absolute Gasteiger partial charge is 0.0775 e. The normalized spacial score (nSPS) is 12.1. The molecule has 0 atom stereocenters. The van der Waals surface area contributed by atoms with Gasteiger partial charge in [0.15, 0.2) is 0 Å². The molecule has 0 spiro atoms. The van der Waals surface area contributed by atoms with Gasteiger partial charge in [-0.1, -0.05) is 48.2 Å². The second-order valence-electron chi connectivity index (χ2n) is 2.55. The third-order valence-electron chi connectivity index (χ3n) is 1.58. The van der Waals surface area contributed by atoms with Crippen LogP contribution in [0.1, 0.15) is 46.0 Å². The molecule has 0 aliphatic heterocycles. The van der Waals surface area contributed by atoms with Crippen molar-refractivity contribution in [3.63, 3.8) is 0 Å². The van der Waals surface area contributed by atoms with Crippen LogP contribution in [0.25, 0.3) is 0 Å². The first-order chi connectivity index (χ1) is 4.81. The van der Waals surface area contributed by atoms with Crippen molar-refractivity contribution in [2.45, 2.75) is 46.0 Å². The standard InChI is InChI=1S/C9H17Br/c1-3-5-6-7-8-9(10)4-2/h4H,3,5-8H2,1-2H3. The molecule has 0 rings (SSSR count). The Hall–Kier alpha value is 0.220. The van der Waals surface area contributed by atoms with Crippen molar-refractivity contribution in [3.8, 4) is 0 Å². The zero-order valence-corrected chi connectivity index (χ0v) is 8.58. The van der Waals surface area contributed by atoms with E-state index < -0.39 is 0 Å². The minimum atomic E-state index is 1.22. The van der Waals surface area contributed by atoms with E-state index in [1.54, 1.807) is 0 Å². The summed E-state index contributed by atoms with van der Waals surface area (Å²) in [5.41, 5.74) is 0. The molecule has 0 radical (unpaired) electrons. The highest BCUT2D eigenvalue weighted by molar-refractivity contribution is 9.11. The Bertz CT molecular complexity index is 94.9. The van der Waals surface area contributed by atoms with E-state index >= 15 is 0 Å². The highest BCUT2D eigenvalue weighted by Gasteiger charge is 1.89. The summed E-state index contributed by atoms with van der Waals surface area (Å²) in [5.74, 6) is 0. The van der Waals surface area contributed by atoms with Gasteiger partial charge < -0.3 is 0 Å². The summed E-state index contributed by atoms with van der Waals surface area (Å²) < 4.78 is 1.35. The lowest BCUT2D eigenvalue weighted by molar-refractivity contribution is 0.672. The van der Waals surface area contributed by atoms with Crippen LogP contribution >= 0.6 is 15.9 Å². The van der Waals surface area contributed by atoms with Gasteiger partial charge in [-0.15, -0.1) is 0 Å². The number of rotatable bonds is 5. The van der Waals surface area contributed by atoms with E-state index in [1.165, 1.54) is 36.6 Å². The summed E-state index contributed by atoms with van der Waals surface area (Å²) in [6, 6.07) is 0. The molecule has 1 heteroatoms. The smallest absolute Gasteiger partial charge is 0.00920 e. The highest BCUT2D eigenvalue weighted by atomic mass is 79.9. The van der Waals surface area contributed by atoms with Crippen molar-refractivity contribution in [2.75, 3.05) is 0 Å². The van der Waals surface area contributed by atoms with E-state index in [2.05, 4.69) is 35.9 Å². The van der Waals surface area contributed by atoms with Gasteiger partial charge in [0.1, 0.15) is 0 Å². The van der Waals surface area contributed by atoms with Gasteiger partial charge in [-0.3, -0.25) is 0 Å². The first-order valence-electron chi connectivity index (χ1n) is 4.12. The molecular weight excluding hydrogens is 188 g/mol. The second kappa shape index (κ2) is 7.33. The van der Waals surface area contributed by atoms with Gasteiger partial charge in [0, 0.05) is 0 Å². The molecule has 0 aromatic carbocycles. The average molecular weight is 205 g/mol. The van der Waals surface area contributed by atoms with Crippen LogP contribution in [0.3, 0.4) is 0 Å². The Morgan fingerprint density at radius 2 is 2.00 bits per heavy atom. The molecule has 0 saturated heterocycles. The quantitative estimate of drug-likeness (QED) is 0.588. The monoisotopic (exact) mass is 204 g/mol. The lowest BCUT2D eigenvalue weighted by atomic mass is 10.1. The molecule has 60 valence electrons. The molecule has 0 aliphatic carbocycles. The minimum Gasteiger partial charge on any atom is -0.0775 e. The zero-order chi connectivity index (χ0) is 7.82. The molecule has 0 N–H and O–H groups in total. The molecular formula is C9H17Br. The molecule has 0 nitrogen and oxygen atoms in total. The molecule has 0 amide bonds. The fraction of sp³-hybridized carbons (Fsp3) is 0.778. The molecule has 0 bridgehead atoms.